The Labute approximate surface area is 113 Å². The first-order valence-electron chi connectivity index (χ1n) is 6.20. The second-order valence-electron chi connectivity index (χ2n) is 4.93. The van der Waals surface area contributed by atoms with Crippen molar-refractivity contribution in [3.05, 3.63) is 35.9 Å². The Morgan fingerprint density at radius 2 is 2.00 bits per heavy atom. The minimum absolute atomic E-state index is 0.164. The molecule has 0 spiro atoms. The molecule has 0 heterocycles. The summed E-state index contributed by atoms with van der Waals surface area (Å²) < 4.78 is 29.2. The van der Waals surface area contributed by atoms with E-state index < -0.39 is 20.5 Å². The van der Waals surface area contributed by atoms with Gasteiger partial charge in [0.25, 0.3) is 0 Å². The number of hydrogen-bond donors (Lipinski definition) is 0. The van der Waals surface area contributed by atoms with Crippen LogP contribution in [0.5, 0.6) is 0 Å². The molecule has 102 valence electrons. The SMILES string of the molecule is CCOC[C@]1(C#N)[C@H](c2ccccc2)[C@@H]1S(C)(=O)=O. The number of sulfone groups is 1. The molecule has 4 nitrogen and oxygen atoms in total. The van der Waals surface area contributed by atoms with Crippen LogP contribution in [0.4, 0.5) is 0 Å². The number of ether oxygens (including phenoxy) is 1. The van der Waals surface area contributed by atoms with Gasteiger partial charge in [0.05, 0.1) is 17.9 Å². The van der Waals surface area contributed by atoms with E-state index in [0.717, 1.165) is 5.56 Å². The van der Waals surface area contributed by atoms with Crippen molar-refractivity contribution in [1.29, 1.82) is 5.26 Å². The maximum absolute atomic E-state index is 11.9. The highest BCUT2D eigenvalue weighted by Crippen LogP contribution is 2.62. The Kier molecular flexibility index (Phi) is 3.66. The third-order valence-corrected chi connectivity index (χ3v) is 5.24. The lowest BCUT2D eigenvalue weighted by atomic mass is 10.0. The van der Waals surface area contributed by atoms with Crippen LogP contribution in [0, 0.1) is 16.7 Å². The zero-order chi connectivity index (χ0) is 14.1. The second-order valence-corrected chi connectivity index (χ2v) is 7.09. The minimum atomic E-state index is -3.28. The first kappa shape index (κ1) is 14.0. The van der Waals surface area contributed by atoms with E-state index in [4.69, 9.17) is 4.74 Å². The third-order valence-electron chi connectivity index (χ3n) is 3.63. The van der Waals surface area contributed by atoms with Gasteiger partial charge in [-0.15, -0.1) is 0 Å². The summed E-state index contributed by atoms with van der Waals surface area (Å²) in [7, 11) is -3.28. The molecule has 0 N–H and O–H groups in total. The van der Waals surface area contributed by atoms with Gasteiger partial charge in [-0.1, -0.05) is 30.3 Å². The van der Waals surface area contributed by atoms with Crippen LogP contribution in [-0.2, 0) is 14.6 Å². The van der Waals surface area contributed by atoms with Crippen LogP contribution in [0.2, 0.25) is 0 Å². The van der Waals surface area contributed by atoms with Crippen LogP contribution in [-0.4, -0.2) is 33.1 Å². The van der Waals surface area contributed by atoms with Crippen molar-refractivity contribution in [2.24, 2.45) is 5.41 Å². The molecule has 0 amide bonds. The molecule has 0 bridgehead atoms. The first-order valence-corrected chi connectivity index (χ1v) is 8.15. The smallest absolute Gasteiger partial charge is 0.152 e. The van der Waals surface area contributed by atoms with Gasteiger partial charge in [0, 0.05) is 18.8 Å². The van der Waals surface area contributed by atoms with Crippen LogP contribution < -0.4 is 0 Å². The van der Waals surface area contributed by atoms with E-state index in [1.807, 2.05) is 37.3 Å². The van der Waals surface area contributed by atoms with Crippen LogP contribution >= 0.6 is 0 Å². The van der Waals surface area contributed by atoms with Gasteiger partial charge in [-0.3, -0.25) is 0 Å². The molecule has 1 aliphatic rings. The molecule has 19 heavy (non-hydrogen) atoms. The van der Waals surface area contributed by atoms with Crippen molar-refractivity contribution in [1.82, 2.24) is 0 Å². The summed E-state index contributed by atoms with van der Waals surface area (Å²) in [5, 5.41) is 8.79. The maximum Gasteiger partial charge on any atom is 0.152 e. The molecule has 0 radical (unpaired) electrons. The summed E-state index contributed by atoms with van der Waals surface area (Å²) in [4.78, 5) is 0. The van der Waals surface area contributed by atoms with E-state index >= 15 is 0 Å². The molecule has 1 aromatic carbocycles. The molecule has 1 saturated carbocycles. The standard InChI is InChI=1S/C14H17NO3S/c1-3-18-10-14(9-15)12(13(14)19(2,16)17)11-7-5-4-6-8-11/h4-8,12-13H,3,10H2,1-2H3/t12-,13+,14-/m1/s1. The third kappa shape index (κ3) is 2.38. The van der Waals surface area contributed by atoms with Gasteiger partial charge in [-0.2, -0.15) is 5.26 Å². The molecule has 1 aromatic rings. The Morgan fingerprint density at radius 3 is 2.47 bits per heavy atom. The fourth-order valence-corrected chi connectivity index (χ4v) is 4.62. The molecular weight excluding hydrogens is 262 g/mol. The highest BCUT2D eigenvalue weighted by molar-refractivity contribution is 7.91. The van der Waals surface area contributed by atoms with Gasteiger partial charge in [0.2, 0.25) is 0 Å². The number of benzene rings is 1. The van der Waals surface area contributed by atoms with Crippen molar-refractivity contribution in [3.8, 4) is 6.07 Å². The number of nitriles is 1. The van der Waals surface area contributed by atoms with Crippen molar-refractivity contribution in [2.45, 2.75) is 18.1 Å². The normalized spacial score (nSPS) is 29.7. The highest BCUT2D eigenvalue weighted by Gasteiger charge is 2.71. The number of nitrogens with zero attached hydrogens (tertiary/aromatic N) is 1. The summed E-state index contributed by atoms with van der Waals surface area (Å²) in [6.45, 7) is 2.47. The quantitative estimate of drug-likeness (QED) is 0.823. The molecule has 0 aliphatic heterocycles. The Balaban J connectivity index is 2.39. The Bertz CT molecular complexity index is 591. The van der Waals surface area contributed by atoms with Crippen LogP contribution in [0.25, 0.3) is 0 Å². The molecule has 1 aliphatic carbocycles. The maximum atomic E-state index is 11.9. The lowest BCUT2D eigenvalue weighted by Crippen LogP contribution is -2.18. The molecule has 1 fully saturated rings. The highest BCUT2D eigenvalue weighted by atomic mass is 32.2. The molecule has 0 saturated heterocycles. The van der Waals surface area contributed by atoms with E-state index in [1.54, 1.807) is 0 Å². The van der Waals surface area contributed by atoms with Crippen LogP contribution in [0.15, 0.2) is 30.3 Å². The predicted molar refractivity (Wildman–Crippen MR) is 72.4 cm³/mol. The zero-order valence-electron chi connectivity index (χ0n) is 11.0. The molecule has 3 atom stereocenters. The van der Waals surface area contributed by atoms with Gasteiger partial charge in [-0.25, -0.2) is 8.42 Å². The van der Waals surface area contributed by atoms with E-state index in [2.05, 4.69) is 6.07 Å². The molecular formula is C14H17NO3S. The minimum Gasteiger partial charge on any atom is -0.380 e. The van der Waals surface area contributed by atoms with Gasteiger partial charge >= 0.3 is 0 Å². The van der Waals surface area contributed by atoms with E-state index in [1.165, 1.54) is 6.26 Å². The van der Waals surface area contributed by atoms with Gasteiger partial charge in [0.15, 0.2) is 9.84 Å². The topological polar surface area (TPSA) is 67.2 Å². The molecule has 0 aromatic heterocycles. The summed E-state index contributed by atoms with van der Waals surface area (Å²) in [5.41, 5.74) is -0.0514. The predicted octanol–water partition coefficient (Wildman–Crippen LogP) is 1.74. The van der Waals surface area contributed by atoms with Crippen LogP contribution in [0.1, 0.15) is 18.4 Å². The fourth-order valence-electron chi connectivity index (χ4n) is 2.77. The van der Waals surface area contributed by atoms with Gasteiger partial charge in [-0.05, 0) is 12.5 Å². The van der Waals surface area contributed by atoms with E-state index in [0.29, 0.717) is 6.61 Å². The zero-order valence-corrected chi connectivity index (χ0v) is 11.9. The molecule has 5 heteroatoms. The van der Waals surface area contributed by atoms with Crippen molar-refractivity contribution < 1.29 is 13.2 Å². The Morgan fingerprint density at radius 1 is 1.37 bits per heavy atom. The summed E-state index contributed by atoms with van der Waals surface area (Å²) in [6, 6.07) is 11.5. The van der Waals surface area contributed by atoms with Crippen molar-refractivity contribution >= 4 is 9.84 Å². The number of rotatable bonds is 5. The number of hydrogen-bond acceptors (Lipinski definition) is 4. The van der Waals surface area contributed by atoms with Gasteiger partial charge in [0.1, 0.15) is 5.41 Å². The average Bonchev–Trinajstić information content (AvgIpc) is 3.07. The lowest BCUT2D eigenvalue weighted by Gasteiger charge is -2.08. The molecule has 0 unspecified atom stereocenters. The average molecular weight is 279 g/mol. The molecule has 2 rings (SSSR count). The van der Waals surface area contributed by atoms with Crippen LogP contribution in [0.3, 0.4) is 0 Å². The fraction of sp³-hybridized carbons (Fsp3) is 0.500. The summed E-state index contributed by atoms with van der Waals surface area (Å²) in [5.74, 6) is -0.291. The van der Waals surface area contributed by atoms with Crippen molar-refractivity contribution in [3.63, 3.8) is 0 Å². The first-order chi connectivity index (χ1) is 8.97. The monoisotopic (exact) mass is 279 g/mol. The largest absolute Gasteiger partial charge is 0.380 e. The van der Waals surface area contributed by atoms with Gasteiger partial charge < -0.3 is 4.74 Å². The summed E-state index contributed by atoms with van der Waals surface area (Å²) >= 11 is 0. The summed E-state index contributed by atoms with van der Waals surface area (Å²) in [6.07, 6.45) is 1.19. The van der Waals surface area contributed by atoms with E-state index in [9.17, 15) is 13.7 Å². The second kappa shape index (κ2) is 4.95. The lowest BCUT2D eigenvalue weighted by molar-refractivity contribution is 0.117. The van der Waals surface area contributed by atoms with E-state index in [-0.39, 0.29) is 12.5 Å². The van der Waals surface area contributed by atoms with Crippen molar-refractivity contribution in [2.75, 3.05) is 19.5 Å². The Hall–Kier alpha value is -1.38.